The van der Waals surface area contributed by atoms with Gasteiger partial charge in [0.1, 0.15) is 11.2 Å². The molecule has 33 heavy (non-hydrogen) atoms. The average molecular weight is 433 g/mol. The minimum Gasteiger partial charge on any atom is -0.455 e. The van der Waals surface area contributed by atoms with Gasteiger partial charge in [-0.2, -0.15) is 0 Å². The standard InChI is InChI=1S/C31H29NO/c1-21(22-9-4-2-5-10-22)24-17-18-32-29(20-24)27-14-8-13-26-28-19-25(23-11-6-3-7-12-23)15-16-30(28)33-31(26)27/h3,6-8,11-22H,2,4-5,9-10H2,1H3/i21D. The van der Waals surface area contributed by atoms with E-state index in [0.29, 0.717) is 5.92 Å². The summed E-state index contributed by atoms with van der Waals surface area (Å²) in [6.07, 6.45) is 7.91. The second-order valence-electron chi connectivity index (χ2n) is 9.31. The van der Waals surface area contributed by atoms with E-state index in [2.05, 4.69) is 73.7 Å². The quantitative estimate of drug-likeness (QED) is 0.283. The highest BCUT2D eigenvalue weighted by Crippen LogP contribution is 2.39. The lowest BCUT2D eigenvalue weighted by Crippen LogP contribution is -2.14. The minimum absolute atomic E-state index is 0.398. The van der Waals surface area contributed by atoms with Gasteiger partial charge < -0.3 is 4.42 Å². The smallest absolute Gasteiger partial charge is 0.144 e. The Morgan fingerprint density at radius 3 is 2.55 bits per heavy atom. The van der Waals surface area contributed by atoms with Gasteiger partial charge in [0.15, 0.2) is 0 Å². The Labute approximate surface area is 196 Å². The predicted molar refractivity (Wildman–Crippen MR) is 137 cm³/mol. The van der Waals surface area contributed by atoms with Gasteiger partial charge in [-0.1, -0.05) is 74.7 Å². The summed E-state index contributed by atoms with van der Waals surface area (Å²) in [5.74, 6) is -0.209. The van der Waals surface area contributed by atoms with Crippen molar-refractivity contribution in [3.8, 4) is 22.4 Å². The van der Waals surface area contributed by atoms with E-state index in [-0.39, 0.29) is 0 Å². The fourth-order valence-electron chi connectivity index (χ4n) is 5.40. The van der Waals surface area contributed by atoms with E-state index in [4.69, 9.17) is 9.40 Å². The molecule has 2 nitrogen and oxygen atoms in total. The summed E-state index contributed by atoms with van der Waals surface area (Å²) in [5, 5.41) is 2.21. The average Bonchev–Trinajstić information content (AvgIpc) is 3.28. The number of aromatic nitrogens is 1. The van der Waals surface area contributed by atoms with E-state index >= 15 is 0 Å². The Hall–Kier alpha value is -3.39. The molecular formula is C31H29NO. The molecule has 2 heteroatoms. The van der Waals surface area contributed by atoms with Crippen LogP contribution in [0.2, 0.25) is 0 Å². The van der Waals surface area contributed by atoms with Gasteiger partial charge in [0.05, 0.1) is 5.69 Å². The molecule has 0 saturated heterocycles. The molecule has 1 atom stereocenters. The fourth-order valence-corrected chi connectivity index (χ4v) is 5.40. The van der Waals surface area contributed by atoms with Crippen LogP contribution in [0.1, 0.15) is 51.9 Å². The number of hydrogen-bond acceptors (Lipinski definition) is 2. The number of pyridine rings is 1. The van der Waals surface area contributed by atoms with Crippen molar-refractivity contribution < 1.29 is 5.79 Å². The Kier molecular flexibility index (Phi) is 4.93. The van der Waals surface area contributed by atoms with Crippen LogP contribution in [0.5, 0.6) is 0 Å². The molecule has 1 aliphatic rings. The maximum Gasteiger partial charge on any atom is 0.144 e. The van der Waals surface area contributed by atoms with Crippen molar-refractivity contribution in [3.63, 3.8) is 0 Å². The lowest BCUT2D eigenvalue weighted by atomic mass is 9.78. The lowest BCUT2D eigenvalue weighted by Gasteiger charge is -2.28. The van der Waals surface area contributed by atoms with Crippen LogP contribution in [-0.4, -0.2) is 4.98 Å². The van der Waals surface area contributed by atoms with Crippen molar-refractivity contribution in [2.24, 2.45) is 5.92 Å². The van der Waals surface area contributed by atoms with Gasteiger partial charge in [-0.3, -0.25) is 4.98 Å². The minimum atomic E-state index is -0.607. The molecule has 1 fully saturated rings. The monoisotopic (exact) mass is 432 g/mol. The normalized spacial score (nSPS) is 17.2. The number of rotatable bonds is 4. The van der Waals surface area contributed by atoms with E-state index in [1.54, 1.807) is 0 Å². The van der Waals surface area contributed by atoms with Gasteiger partial charge in [0.2, 0.25) is 0 Å². The molecule has 0 spiro atoms. The van der Waals surface area contributed by atoms with Gasteiger partial charge in [-0.15, -0.1) is 0 Å². The number of nitrogens with zero attached hydrogens (tertiary/aromatic N) is 1. The molecule has 2 heterocycles. The summed E-state index contributed by atoms with van der Waals surface area (Å²) in [6.45, 7) is 2.08. The molecule has 1 saturated carbocycles. The van der Waals surface area contributed by atoms with Gasteiger partial charge >= 0.3 is 0 Å². The maximum atomic E-state index is 9.23. The van der Waals surface area contributed by atoms with Gasteiger partial charge in [0.25, 0.3) is 0 Å². The van der Waals surface area contributed by atoms with E-state index in [0.717, 1.165) is 51.6 Å². The largest absolute Gasteiger partial charge is 0.455 e. The van der Waals surface area contributed by atoms with Crippen LogP contribution in [0.4, 0.5) is 0 Å². The summed E-state index contributed by atoms with van der Waals surface area (Å²) in [6, 6.07) is 27.3. The molecule has 164 valence electrons. The first-order chi connectivity index (χ1) is 16.6. The molecule has 0 aliphatic heterocycles. The molecule has 6 rings (SSSR count). The Morgan fingerprint density at radius 2 is 1.70 bits per heavy atom. The first-order valence-corrected chi connectivity index (χ1v) is 12.1. The highest BCUT2D eigenvalue weighted by molar-refractivity contribution is 6.10. The van der Waals surface area contributed by atoms with Crippen LogP contribution in [0.25, 0.3) is 44.3 Å². The number of fused-ring (bicyclic) bond motifs is 3. The first-order valence-electron chi connectivity index (χ1n) is 12.6. The van der Waals surface area contributed by atoms with E-state index in [9.17, 15) is 1.37 Å². The van der Waals surface area contributed by atoms with Crippen molar-refractivity contribution in [3.05, 3.63) is 90.6 Å². The summed E-state index contributed by atoms with van der Waals surface area (Å²) >= 11 is 0. The van der Waals surface area contributed by atoms with Gasteiger partial charge in [0, 0.05) is 23.9 Å². The van der Waals surface area contributed by atoms with Gasteiger partial charge in [-0.05, 0) is 71.7 Å². The van der Waals surface area contributed by atoms with Crippen molar-refractivity contribution >= 4 is 21.9 Å². The zero-order valence-corrected chi connectivity index (χ0v) is 19.1. The van der Waals surface area contributed by atoms with E-state index in [1.807, 2.05) is 18.3 Å². The van der Waals surface area contributed by atoms with Gasteiger partial charge in [-0.25, -0.2) is 0 Å². The van der Waals surface area contributed by atoms with Crippen molar-refractivity contribution in [1.82, 2.24) is 4.98 Å². The third-order valence-corrected chi connectivity index (χ3v) is 7.31. The summed E-state index contributed by atoms with van der Waals surface area (Å²) < 4.78 is 15.6. The van der Waals surface area contributed by atoms with Crippen LogP contribution in [-0.2, 0) is 0 Å². The predicted octanol–water partition coefficient (Wildman–Crippen LogP) is 9.00. The molecule has 2 aromatic heterocycles. The zero-order chi connectivity index (χ0) is 23.1. The molecule has 1 unspecified atom stereocenters. The van der Waals surface area contributed by atoms with Crippen LogP contribution >= 0.6 is 0 Å². The number of benzene rings is 3. The van der Waals surface area contributed by atoms with Crippen LogP contribution in [0, 0.1) is 5.92 Å². The lowest BCUT2D eigenvalue weighted by molar-refractivity contribution is 0.316. The second-order valence-corrected chi connectivity index (χ2v) is 9.31. The molecule has 0 radical (unpaired) electrons. The summed E-state index contributed by atoms with van der Waals surface area (Å²) in [7, 11) is 0. The highest BCUT2D eigenvalue weighted by atomic mass is 16.3. The van der Waals surface area contributed by atoms with E-state index in [1.165, 1.54) is 30.4 Å². The van der Waals surface area contributed by atoms with Crippen molar-refractivity contribution in [2.45, 2.75) is 44.9 Å². The third kappa shape index (κ3) is 3.74. The highest BCUT2D eigenvalue weighted by Gasteiger charge is 2.22. The molecule has 1 aliphatic carbocycles. The Balaban J connectivity index is 1.45. The summed E-state index contributed by atoms with van der Waals surface area (Å²) in [5.41, 5.74) is 7.02. The molecule has 0 N–H and O–H groups in total. The van der Waals surface area contributed by atoms with E-state index < -0.39 is 5.89 Å². The molecule has 3 aromatic carbocycles. The molecule has 0 bridgehead atoms. The third-order valence-electron chi connectivity index (χ3n) is 7.31. The molecular weight excluding hydrogens is 402 g/mol. The Bertz CT molecular complexity index is 1460. The first kappa shape index (κ1) is 19.1. The number of para-hydroxylation sites is 1. The summed E-state index contributed by atoms with van der Waals surface area (Å²) in [4.78, 5) is 4.71. The SMILES string of the molecule is [2H]C(C)(c1ccnc(-c2cccc3c2oc2ccc(-c4ccccc4)cc23)c1)C1CCCCC1. The van der Waals surface area contributed by atoms with Crippen molar-refractivity contribution in [2.75, 3.05) is 0 Å². The number of hydrogen-bond donors (Lipinski definition) is 0. The Morgan fingerprint density at radius 1 is 0.848 bits per heavy atom. The van der Waals surface area contributed by atoms with Crippen molar-refractivity contribution in [1.29, 1.82) is 0 Å². The topological polar surface area (TPSA) is 26.0 Å². The molecule has 5 aromatic rings. The zero-order valence-electron chi connectivity index (χ0n) is 20.1. The van der Waals surface area contributed by atoms with Crippen LogP contribution in [0.15, 0.2) is 89.5 Å². The maximum absolute atomic E-state index is 9.23. The number of furan rings is 1. The second kappa shape index (κ2) is 8.51. The van der Waals surface area contributed by atoms with Crippen LogP contribution < -0.4 is 0 Å². The fraction of sp³-hybridized carbons (Fsp3) is 0.258. The molecule has 0 amide bonds. The van der Waals surface area contributed by atoms with Crippen LogP contribution in [0.3, 0.4) is 0 Å².